The molecule has 0 spiro atoms. The summed E-state index contributed by atoms with van der Waals surface area (Å²) in [7, 11) is 1.29. The van der Waals surface area contributed by atoms with Crippen molar-refractivity contribution >= 4 is 27.7 Å². The van der Waals surface area contributed by atoms with Gasteiger partial charge in [0.2, 0.25) is 5.82 Å². The van der Waals surface area contributed by atoms with Crippen molar-refractivity contribution in [1.82, 2.24) is 19.6 Å². The van der Waals surface area contributed by atoms with Crippen LogP contribution in [0.25, 0.3) is 5.78 Å². The van der Waals surface area contributed by atoms with Gasteiger partial charge in [-0.3, -0.25) is 4.40 Å². The fourth-order valence-electron chi connectivity index (χ4n) is 0.997. The third-order valence-corrected chi connectivity index (χ3v) is 2.01. The molecule has 0 saturated heterocycles. The summed E-state index contributed by atoms with van der Waals surface area (Å²) in [6, 6.07) is 0. The Bertz CT molecular complexity index is 495. The average Bonchev–Trinajstić information content (AvgIpc) is 2.59. The number of fused-ring (bicyclic) bond motifs is 1. The number of rotatable bonds is 1. The largest absolute Gasteiger partial charge is 0.463 e. The van der Waals surface area contributed by atoms with Crippen molar-refractivity contribution < 1.29 is 9.53 Å². The lowest BCUT2D eigenvalue weighted by Gasteiger charge is -1.96. The summed E-state index contributed by atoms with van der Waals surface area (Å²) in [4.78, 5) is 15.2. The van der Waals surface area contributed by atoms with Gasteiger partial charge in [0.05, 0.1) is 11.6 Å². The van der Waals surface area contributed by atoms with Gasteiger partial charge < -0.3 is 4.74 Å². The number of halogens is 1. The van der Waals surface area contributed by atoms with Crippen molar-refractivity contribution in [3.05, 3.63) is 22.7 Å². The summed E-state index contributed by atoms with van der Waals surface area (Å²) < 4.78 is 6.72. The smallest absolute Gasteiger partial charge is 0.376 e. The van der Waals surface area contributed by atoms with Gasteiger partial charge in [-0.25, -0.2) is 9.78 Å². The van der Waals surface area contributed by atoms with Crippen LogP contribution in [-0.2, 0) is 4.74 Å². The third-order valence-electron chi connectivity index (χ3n) is 1.60. The number of carbonyl (C=O) groups is 1. The minimum atomic E-state index is -0.544. The van der Waals surface area contributed by atoms with Crippen LogP contribution in [0.1, 0.15) is 10.6 Å². The van der Waals surface area contributed by atoms with Crippen LogP contribution in [0.4, 0.5) is 0 Å². The zero-order valence-electron chi connectivity index (χ0n) is 7.14. The highest BCUT2D eigenvalue weighted by Gasteiger charge is 2.14. The monoisotopic (exact) mass is 256 g/mol. The van der Waals surface area contributed by atoms with Gasteiger partial charge in [-0.2, -0.15) is 0 Å². The lowest BCUT2D eigenvalue weighted by atomic mass is 10.6. The SMILES string of the molecule is COC(=O)c1nnc2ncc(Br)cn12. The van der Waals surface area contributed by atoms with Gasteiger partial charge in [0.1, 0.15) is 0 Å². The highest BCUT2D eigenvalue weighted by molar-refractivity contribution is 9.10. The molecular weight excluding hydrogens is 252 g/mol. The molecule has 2 rings (SSSR count). The van der Waals surface area contributed by atoms with Crippen LogP contribution < -0.4 is 0 Å². The van der Waals surface area contributed by atoms with Gasteiger partial charge in [-0.15, -0.1) is 10.2 Å². The fraction of sp³-hybridized carbons (Fsp3) is 0.143. The van der Waals surface area contributed by atoms with E-state index in [1.54, 1.807) is 12.4 Å². The molecular formula is C7H5BrN4O2. The molecule has 2 aromatic rings. The number of nitrogens with zero attached hydrogens (tertiary/aromatic N) is 4. The van der Waals surface area contributed by atoms with E-state index >= 15 is 0 Å². The van der Waals surface area contributed by atoms with E-state index in [0.717, 1.165) is 4.47 Å². The van der Waals surface area contributed by atoms with E-state index in [-0.39, 0.29) is 5.82 Å². The maximum Gasteiger partial charge on any atom is 0.376 e. The van der Waals surface area contributed by atoms with Gasteiger partial charge in [-0.1, -0.05) is 0 Å². The molecule has 14 heavy (non-hydrogen) atoms. The lowest BCUT2D eigenvalue weighted by molar-refractivity contribution is 0.0585. The summed E-state index contributed by atoms with van der Waals surface area (Å²) in [6.07, 6.45) is 3.22. The molecule has 0 N–H and O–H groups in total. The zero-order chi connectivity index (χ0) is 10.1. The van der Waals surface area contributed by atoms with Crippen LogP contribution in [0, 0.1) is 0 Å². The zero-order valence-corrected chi connectivity index (χ0v) is 8.72. The molecule has 2 heterocycles. The Hall–Kier alpha value is -1.50. The van der Waals surface area contributed by atoms with Crippen LogP contribution in [-0.4, -0.2) is 32.7 Å². The topological polar surface area (TPSA) is 69.4 Å². The Labute approximate surface area is 87.0 Å². The Morgan fingerprint density at radius 3 is 3.07 bits per heavy atom. The molecule has 0 aliphatic rings. The summed E-state index contributed by atoms with van der Waals surface area (Å²) >= 11 is 3.23. The third kappa shape index (κ3) is 1.35. The first kappa shape index (κ1) is 9.07. The summed E-state index contributed by atoms with van der Waals surface area (Å²) in [5.41, 5.74) is 0. The Balaban J connectivity index is 2.67. The second-order valence-electron chi connectivity index (χ2n) is 2.46. The second kappa shape index (κ2) is 3.33. The van der Waals surface area contributed by atoms with E-state index in [1.165, 1.54) is 11.5 Å². The molecule has 6 nitrogen and oxygen atoms in total. The molecule has 0 aromatic carbocycles. The molecule has 7 heteroatoms. The van der Waals surface area contributed by atoms with Crippen molar-refractivity contribution in [3.8, 4) is 0 Å². The van der Waals surface area contributed by atoms with Crippen molar-refractivity contribution in [2.75, 3.05) is 7.11 Å². The van der Waals surface area contributed by atoms with Gasteiger partial charge in [0, 0.05) is 12.4 Å². The normalized spacial score (nSPS) is 10.4. The molecule has 2 aromatic heterocycles. The molecule has 0 radical (unpaired) electrons. The number of hydrogen-bond donors (Lipinski definition) is 0. The van der Waals surface area contributed by atoms with Crippen molar-refractivity contribution in [3.63, 3.8) is 0 Å². The van der Waals surface area contributed by atoms with Crippen LogP contribution in [0.5, 0.6) is 0 Å². The van der Waals surface area contributed by atoms with Crippen molar-refractivity contribution in [1.29, 1.82) is 0 Å². The number of ether oxygens (including phenoxy) is 1. The molecule has 0 amide bonds. The van der Waals surface area contributed by atoms with Gasteiger partial charge >= 0.3 is 5.97 Å². The van der Waals surface area contributed by atoms with Crippen LogP contribution in [0.3, 0.4) is 0 Å². The molecule has 0 unspecified atom stereocenters. The van der Waals surface area contributed by atoms with E-state index in [0.29, 0.717) is 5.78 Å². The standard InChI is InChI=1S/C7H5BrN4O2/c1-14-6(13)5-10-11-7-9-2-4(8)3-12(5)7/h2-3H,1H3. The summed E-state index contributed by atoms with van der Waals surface area (Å²) in [6.45, 7) is 0. The number of methoxy groups -OCH3 is 1. The first-order valence-corrected chi connectivity index (χ1v) is 4.46. The molecule has 0 aliphatic carbocycles. The Kier molecular flexibility index (Phi) is 2.16. The summed E-state index contributed by atoms with van der Waals surface area (Å²) in [5.74, 6) is -0.0812. The minimum Gasteiger partial charge on any atom is -0.463 e. The maximum atomic E-state index is 11.2. The number of aromatic nitrogens is 4. The molecule has 0 saturated carbocycles. The average molecular weight is 257 g/mol. The maximum absolute atomic E-state index is 11.2. The molecule has 0 aliphatic heterocycles. The first-order chi connectivity index (χ1) is 6.72. The predicted octanol–water partition coefficient (Wildman–Crippen LogP) is 0.673. The van der Waals surface area contributed by atoms with E-state index in [1.807, 2.05) is 0 Å². The van der Waals surface area contributed by atoms with E-state index < -0.39 is 5.97 Å². The second-order valence-corrected chi connectivity index (χ2v) is 3.37. The van der Waals surface area contributed by atoms with E-state index in [9.17, 15) is 4.79 Å². The van der Waals surface area contributed by atoms with Crippen LogP contribution >= 0.6 is 15.9 Å². The Morgan fingerprint density at radius 2 is 2.36 bits per heavy atom. The minimum absolute atomic E-state index is 0.108. The van der Waals surface area contributed by atoms with Crippen molar-refractivity contribution in [2.24, 2.45) is 0 Å². The van der Waals surface area contributed by atoms with Gasteiger partial charge in [0.15, 0.2) is 0 Å². The van der Waals surface area contributed by atoms with Crippen LogP contribution in [0.2, 0.25) is 0 Å². The highest BCUT2D eigenvalue weighted by Crippen LogP contribution is 2.09. The molecule has 0 fully saturated rings. The van der Waals surface area contributed by atoms with E-state index in [4.69, 9.17) is 0 Å². The van der Waals surface area contributed by atoms with Gasteiger partial charge in [-0.05, 0) is 15.9 Å². The quantitative estimate of drug-likeness (QED) is 0.702. The summed E-state index contributed by atoms with van der Waals surface area (Å²) in [5, 5.41) is 7.37. The molecule has 0 bridgehead atoms. The fourth-order valence-corrected chi connectivity index (χ4v) is 1.30. The van der Waals surface area contributed by atoms with Crippen LogP contribution in [0.15, 0.2) is 16.9 Å². The number of carbonyl (C=O) groups excluding carboxylic acids is 1. The molecule has 0 atom stereocenters. The highest BCUT2D eigenvalue weighted by atomic mass is 79.9. The van der Waals surface area contributed by atoms with Gasteiger partial charge in [0.25, 0.3) is 5.78 Å². The number of esters is 1. The predicted molar refractivity (Wildman–Crippen MR) is 49.8 cm³/mol. The molecule has 72 valence electrons. The number of hydrogen-bond acceptors (Lipinski definition) is 5. The lowest BCUT2D eigenvalue weighted by Crippen LogP contribution is -2.07. The van der Waals surface area contributed by atoms with Crippen molar-refractivity contribution in [2.45, 2.75) is 0 Å². The Morgan fingerprint density at radius 1 is 1.57 bits per heavy atom. The first-order valence-electron chi connectivity index (χ1n) is 3.67. The van der Waals surface area contributed by atoms with E-state index in [2.05, 4.69) is 35.8 Å².